The fourth-order valence-corrected chi connectivity index (χ4v) is 5.06. The van der Waals surface area contributed by atoms with E-state index in [1.807, 2.05) is 35.4 Å². The van der Waals surface area contributed by atoms with Crippen LogP contribution in [0.2, 0.25) is 0 Å². The van der Waals surface area contributed by atoms with Crippen LogP contribution in [0.15, 0.2) is 55.0 Å². The van der Waals surface area contributed by atoms with Gasteiger partial charge in [0.15, 0.2) is 0 Å². The summed E-state index contributed by atoms with van der Waals surface area (Å²) in [5.74, 6) is 0.767. The van der Waals surface area contributed by atoms with E-state index in [4.69, 9.17) is 4.74 Å². The summed E-state index contributed by atoms with van der Waals surface area (Å²) < 4.78 is 6.08. The van der Waals surface area contributed by atoms with Crippen LogP contribution in [-0.4, -0.2) is 63.4 Å². The normalized spacial score (nSPS) is 20.5. The molecule has 7 nitrogen and oxygen atoms in total. The first kappa shape index (κ1) is 21.5. The number of hydrogen-bond acceptors (Lipinski definition) is 4. The average Bonchev–Trinajstić information content (AvgIpc) is 3.60. The number of amides is 2. The second-order valence-electron chi connectivity index (χ2n) is 8.97. The Bertz CT molecular complexity index is 1110. The zero-order valence-corrected chi connectivity index (χ0v) is 18.8. The van der Waals surface area contributed by atoms with E-state index in [2.05, 4.69) is 22.1 Å². The van der Waals surface area contributed by atoms with Gasteiger partial charge in [-0.1, -0.05) is 18.2 Å². The molecule has 0 bridgehead atoms. The van der Waals surface area contributed by atoms with E-state index < -0.39 is 6.04 Å². The number of hydrogen-bond donors (Lipinski definition) is 1. The molecule has 0 aliphatic carbocycles. The van der Waals surface area contributed by atoms with E-state index in [0.717, 1.165) is 44.3 Å². The fraction of sp³-hybridized carbons (Fsp3) is 0.423. The van der Waals surface area contributed by atoms with Crippen LogP contribution in [0, 0.1) is 0 Å². The molecule has 0 radical (unpaired) electrons. The smallest absolute Gasteiger partial charge is 0.245 e. The van der Waals surface area contributed by atoms with Gasteiger partial charge < -0.3 is 19.5 Å². The Balaban J connectivity index is 1.24. The molecule has 2 amide bonds. The zero-order valence-electron chi connectivity index (χ0n) is 18.8. The number of nitrogens with zero attached hydrogens (tertiary/aromatic N) is 3. The van der Waals surface area contributed by atoms with E-state index >= 15 is 0 Å². The number of likely N-dealkylation sites (tertiary alicyclic amines) is 2. The number of rotatable bonds is 7. The number of ether oxygens (including phenoxy) is 1. The second kappa shape index (κ2) is 9.65. The number of fused-ring (bicyclic) bond motifs is 1. The van der Waals surface area contributed by atoms with Gasteiger partial charge >= 0.3 is 0 Å². The van der Waals surface area contributed by atoms with Crippen molar-refractivity contribution in [2.45, 2.75) is 50.7 Å². The molecule has 3 aromatic rings. The molecule has 1 aromatic carbocycles. The van der Waals surface area contributed by atoms with Crippen LogP contribution in [0.1, 0.15) is 37.7 Å². The first-order valence-corrected chi connectivity index (χ1v) is 11.9. The molecule has 2 aromatic heterocycles. The van der Waals surface area contributed by atoms with E-state index in [0.29, 0.717) is 25.1 Å². The van der Waals surface area contributed by atoms with Crippen LogP contribution in [0.25, 0.3) is 10.9 Å². The lowest BCUT2D eigenvalue weighted by Gasteiger charge is -2.27. The maximum Gasteiger partial charge on any atom is 0.245 e. The minimum absolute atomic E-state index is 0.0321. The van der Waals surface area contributed by atoms with Crippen LogP contribution in [0.5, 0.6) is 5.75 Å². The summed E-state index contributed by atoms with van der Waals surface area (Å²) in [5, 5.41) is 1.21. The number of H-pyrrole nitrogens is 1. The molecule has 2 saturated heterocycles. The van der Waals surface area contributed by atoms with Gasteiger partial charge in [0.1, 0.15) is 17.9 Å². The lowest BCUT2D eigenvalue weighted by atomic mass is 10.1. The van der Waals surface area contributed by atoms with E-state index in [1.165, 1.54) is 10.9 Å². The van der Waals surface area contributed by atoms with Crippen molar-refractivity contribution in [3.05, 3.63) is 60.6 Å². The Labute approximate surface area is 193 Å². The number of para-hydroxylation sites is 1. The number of carbonyl (C=O) groups is 2. The van der Waals surface area contributed by atoms with Gasteiger partial charge in [0.2, 0.25) is 11.8 Å². The molecular formula is C26H30N4O3. The molecule has 5 rings (SSSR count). The number of aryl methyl sites for hydroxylation is 1. The summed E-state index contributed by atoms with van der Waals surface area (Å²) in [4.78, 5) is 37.5. The largest absolute Gasteiger partial charge is 0.487 e. The van der Waals surface area contributed by atoms with E-state index in [-0.39, 0.29) is 17.9 Å². The highest BCUT2D eigenvalue weighted by molar-refractivity contribution is 5.89. The monoisotopic (exact) mass is 446 g/mol. The third kappa shape index (κ3) is 4.72. The van der Waals surface area contributed by atoms with Crippen molar-refractivity contribution in [2.24, 2.45) is 0 Å². The molecule has 172 valence electrons. The first-order chi connectivity index (χ1) is 16.2. The van der Waals surface area contributed by atoms with Gasteiger partial charge in [-0.3, -0.25) is 14.6 Å². The number of pyridine rings is 1. The predicted molar refractivity (Wildman–Crippen MR) is 126 cm³/mol. The summed E-state index contributed by atoms with van der Waals surface area (Å²) in [6.45, 7) is 2.00. The molecule has 4 heterocycles. The van der Waals surface area contributed by atoms with Crippen LogP contribution in [-0.2, 0) is 16.0 Å². The van der Waals surface area contributed by atoms with Crippen molar-refractivity contribution in [3.8, 4) is 5.75 Å². The highest BCUT2D eigenvalue weighted by atomic mass is 16.5. The lowest BCUT2D eigenvalue weighted by molar-refractivity contribution is -0.143. The summed E-state index contributed by atoms with van der Waals surface area (Å²) in [6, 6.07) is 11.5. The Morgan fingerprint density at radius 3 is 2.79 bits per heavy atom. The Morgan fingerprint density at radius 1 is 1.12 bits per heavy atom. The van der Waals surface area contributed by atoms with Gasteiger partial charge in [-0.05, 0) is 49.4 Å². The standard InChI is InChI=1S/C26H30N4O3/c31-25(11-5-7-19-16-28-23-10-2-1-9-22(19)23)30-18-21(33-20-8-6-12-27-17-20)15-24(30)26(32)29-13-3-4-14-29/h1-2,6,8-10,12,16-17,21,24,28H,3-5,7,11,13-15,18H2/t21-,24-/m0/s1. The third-order valence-corrected chi connectivity index (χ3v) is 6.73. The van der Waals surface area contributed by atoms with Gasteiger partial charge in [-0.25, -0.2) is 0 Å². The van der Waals surface area contributed by atoms with Crippen molar-refractivity contribution in [2.75, 3.05) is 19.6 Å². The maximum absolute atomic E-state index is 13.2. The Morgan fingerprint density at radius 2 is 1.97 bits per heavy atom. The van der Waals surface area contributed by atoms with Crippen molar-refractivity contribution in [1.82, 2.24) is 19.8 Å². The predicted octanol–water partition coefficient (Wildman–Crippen LogP) is 3.56. The maximum atomic E-state index is 13.2. The highest BCUT2D eigenvalue weighted by Gasteiger charge is 2.42. The topological polar surface area (TPSA) is 78.5 Å². The van der Waals surface area contributed by atoms with Crippen molar-refractivity contribution in [3.63, 3.8) is 0 Å². The molecule has 2 fully saturated rings. The first-order valence-electron chi connectivity index (χ1n) is 11.9. The van der Waals surface area contributed by atoms with Crippen LogP contribution in [0.3, 0.4) is 0 Å². The van der Waals surface area contributed by atoms with Crippen molar-refractivity contribution < 1.29 is 14.3 Å². The number of aromatic amines is 1. The highest BCUT2D eigenvalue weighted by Crippen LogP contribution is 2.27. The summed E-state index contributed by atoms with van der Waals surface area (Å²) in [5.41, 5.74) is 2.34. The molecule has 7 heteroatoms. The molecule has 2 atom stereocenters. The molecule has 0 unspecified atom stereocenters. The average molecular weight is 447 g/mol. The van der Waals surface area contributed by atoms with Gasteiger partial charge in [-0.15, -0.1) is 0 Å². The SMILES string of the molecule is O=C([C@@H]1C[C@H](Oc2cccnc2)CN1C(=O)CCCc1c[nH]c2ccccc12)N1CCCC1. The van der Waals surface area contributed by atoms with Gasteiger partial charge in [0.05, 0.1) is 12.7 Å². The third-order valence-electron chi connectivity index (χ3n) is 6.73. The molecule has 2 aliphatic rings. The summed E-state index contributed by atoms with van der Waals surface area (Å²) in [6.07, 6.45) is 9.78. The molecule has 33 heavy (non-hydrogen) atoms. The summed E-state index contributed by atoms with van der Waals surface area (Å²) in [7, 11) is 0. The van der Waals surface area contributed by atoms with Crippen molar-refractivity contribution in [1.29, 1.82) is 0 Å². The van der Waals surface area contributed by atoms with Crippen LogP contribution < -0.4 is 4.74 Å². The van der Waals surface area contributed by atoms with E-state index in [9.17, 15) is 9.59 Å². The number of aromatic nitrogens is 2. The number of carbonyl (C=O) groups excluding carboxylic acids is 2. The molecule has 0 saturated carbocycles. The minimum atomic E-state index is -0.439. The van der Waals surface area contributed by atoms with Crippen LogP contribution in [0.4, 0.5) is 0 Å². The summed E-state index contributed by atoms with van der Waals surface area (Å²) >= 11 is 0. The molecule has 1 N–H and O–H groups in total. The van der Waals surface area contributed by atoms with E-state index in [1.54, 1.807) is 17.3 Å². The lowest BCUT2D eigenvalue weighted by Crippen LogP contribution is -2.46. The van der Waals surface area contributed by atoms with Crippen LogP contribution >= 0.6 is 0 Å². The van der Waals surface area contributed by atoms with Gasteiger partial charge in [-0.2, -0.15) is 0 Å². The van der Waals surface area contributed by atoms with Crippen molar-refractivity contribution >= 4 is 22.7 Å². The quantitative estimate of drug-likeness (QED) is 0.602. The Kier molecular flexibility index (Phi) is 6.28. The minimum Gasteiger partial charge on any atom is -0.487 e. The molecular weight excluding hydrogens is 416 g/mol. The molecule has 2 aliphatic heterocycles. The van der Waals surface area contributed by atoms with Gasteiger partial charge in [0.25, 0.3) is 0 Å². The second-order valence-corrected chi connectivity index (χ2v) is 8.97. The molecule has 0 spiro atoms. The Hall–Kier alpha value is -3.35. The number of benzene rings is 1. The fourth-order valence-electron chi connectivity index (χ4n) is 5.06. The van der Waals surface area contributed by atoms with Gasteiger partial charge in [0, 0.05) is 49.2 Å². The number of nitrogens with one attached hydrogen (secondary N) is 1. The zero-order chi connectivity index (χ0) is 22.6.